The van der Waals surface area contributed by atoms with Gasteiger partial charge in [-0.2, -0.15) is 0 Å². The summed E-state index contributed by atoms with van der Waals surface area (Å²) in [6, 6.07) is 0.264. The second-order valence-electron chi connectivity index (χ2n) is 1.65. The Labute approximate surface area is 47.5 Å². The summed E-state index contributed by atoms with van der Waals surface area (Å²) >= 11 is 0. The van der Waals surface area contributed by atoms with Crippen LogP contribution in [-0.2, 0) is 4.74 Å². The second-order valence-corrected chi connectivity index (χ2v) is 1.65. The third kappa shape index (κ3) is 0.894. The molecule has 0 spiro atoms. The van der Waals surface area contributed by atoms with Crippen molar-refractivity contribution in [2.75, 3.05) is 13.1 Å². The molecule has 0 bridgehead atoms. The molecule has 1 aliphatic rings. The highest BCUT2D eigenvalue weighted by Gasteiger charge is 2.14. The van der Waals surface area contributed by atoms with Gasteiger partial charge in [0.1, 0.15) is 6.10 Å². The molecule has 1 aliphatic heterocycles. The lowest BCUT2D eigenvalue weighted by atomic mass is 10.4. The number of ether oxygens (including phenoxy) is 1. The Morgan fingerprint density at radius 2 is 2.62 bits per heavy atom. The van der Waals surface area contributed by atoms with Crippen molar-refractivity contribution >= 4 is 6.02 Å². The topological polar surface area (TPSA) is 73.6 Å². The van der Waals surface area contributed by atoms with Gasteiger partial charge >= 0.3 is 0 Å². The van der Waals surface area contributed by atoms with E-state index in [-0.39, 0.29) is 12.1 Å². The smallest absolute Gasteiger partial charge is 0.282 e. The predicted molar refractivity (Wildman–Crippen MR) is 30.4 cm³/mol. The minimum absolute atomic E-state index is 0.0231. The van der Waals surface area contributed by atoms with E-state index in [1.54, 1.807) is 0 Å². The van der Waals surface area contributed by atoms with Gasteiger partial charge in [0.05, 0.1) is 6.54 Å². The van der Waals surface area contributed by atoms with E-state index >= 15 is 0 Å². The first-order valence-corrected chi connectivity index (χ1v) is 2.49. The van der Waals surface area contributed by atoms with Crippen LogP contribution in [0.1, 0.15) is 0 Å². The Hall–Kier alpha value is -0.770. The van der Waals surface area contributed by atoms with Crippen LogP contribution in [0.25, 0.3) is 0 Å². The van der Waals surface area contributed by atoms with Crippen LogP contribution in [0, 0.1) is 0 Å². The Balaban J connectivity index is 2.32. The lowest BCUT2D eigenvalue weighted by molar-refractivity contribution is 0.229. The molecule has 0 aromatic rings. The van der Waals surface area contributed by atoms with E-state index in [2.05, 4.69) is 4.99 Å². The Kier molecular flexibility index (Phi) is 1.34. The normalized spacial score (nSPS) is 27.1. The Bertz CT molecular complexity index is 112. The molecule has 0 fully saturated rings. The van der Waals surface area contributed by atoms with E-state index in [4.69, 9.17) is 16.2 Å². The largest absolute Gasteiger partial charge is 0.459 e. The van der Waals surface area contributed by atoms with Gasteiger partial charge in [-0.3, -0.25) is 0 Å². The summed E-state index contributed by atoms with van der Waals surface area (Å²) in [6.45, 7) is 1.10. The number of amidine groups is 1. The summed E-state index contributed by atoms with van der Waals surface area (Å²) in [5, 5.41) is 0. The zero-order chi connectivity index (χ0) is 5.98. The molecule has 1 unspecified atom stereocenters. The lowest BCUT2D eigenvalue weighted by Gasteiger charge is -2.03. The van der Waals surface area contributed by atoms with Gasteiger partial charge in [0.25, 0.3) is 6.02 Å². The quantitative estimate of drug-likeness (QED) is 0.444. The summed E-state index contributed by atoms with van der Waals surface area (Å²) in [5.41, 5.74) is 10.4. The van der Waals surface area contributed by atoms with Crippen LogP contribution in [0.2, 0.25) is 0 Å². The average molecular weight is 115 g/mol. The van der Waals surface area contributed by atoms with Gasteiger partial charge in [0.2, 0.25) is 0 Å². The zero-order valence-electron chi connectivity index (χ0n) is 4.50. The van der Waals surface area contributed by atoms with Gasteiger partial charge in [0.15, 0.2) is 0 Å². The van der Waals surface area contributed by atoms with E-state index in [0.29, 0.717) is 13.1 Å². The second kappa shape index (κ2) is 2.00. The molecule has 8 heavy (non-hydrogen) atoms. The minimum atomic E-state index is 0.0231. The zero-order valence-corrected chi connectivity index (χ0v) is 4.50. The van der Waals surface area contributed by atoms with Gasteiger partial charge in [-0.25, -0.2) is 4.99 Å². The molecule has 0 radical (unpaired) electrons. The van der Waals surface area contributed by atoms with Crippen molar-refractivity contribution in [1.29, 1.82) is 0 Å². The van der Waals surface area contributed by atoms with Gasteiger partial charge in [-0.15, -0.1) is 0 Å². The third-order valence-corrected chi connectivity index (χ3v) is 1.00. The summed E-state index contributed by atoms with van der Waals surface area (Å²) in [7, 11) is 0. The average Bonchev–Trinajstić information content (AvgIpc) is 2.14. The van der Waals surface area contributed by atoms with E-state index in [0.717, 1.165) is 0 Å². The monoisotopic (exact) mass is 115 g/mol. The van der Waals surface area contributed by atoms with Crippen LogP contribution in [0.5, 0.6) is 0 Å². The molecule has 1 rings (SSSR count). The molecule has 1 atom stereocenters. The van der Waals surface area contributed by atoms with Gasteiger partial charge < -0.3 is 16.2 Å². The molecule has 4 heteroatoms. The van der Waals surface area contributed by atoms with Crippen LogP contribution in [0.3, 0.4) is 0 Å². The van der Waals surface area contributed by atoms with Gasteiger partial charge in [-0.05, 0) is 0 Å². The molecular weight excluding hydrogens is 106 g/mol. The molecule has 0 aromatic heterocycles. The van der Waals surface area contributed by atoms with E-state index < -0.39 is 0 Å². The summed E-state index contributed by atoms with van der Waals surface area (Å²) in [4.78, 5) is 3.78. The van der Waals surface area contributed by atoms with Crippen molar-refractivity contribution in [1.82, 2.24) is 0 Å². The first kappa shape index (κ1) is 5.37. The Morgan fingerprint density at radius 3 is 2.88 bits per heavy atom. The van der Waals surface area contributed by atoms with Crippen molar-refractivity contribution in [2.24, 2.45) is 16.5 Å². The van der Waals surface area contributed by atoms with Crippen molar-refractivity contribution in [3.8, 4) is 0 Å². The number of nitrogens with zero attached hydrogens (tertiary/aromatic N) is 1. The maximum absolute atomic E-state index is 5.24. The van der Waals surface area contributed by atoms with Crippen LogP contribution in [-0.4, -0.2) is 25.2 Å². The molecule has 0 saturated heterocycles. The van der Waals surface area contributed by atoms with Crippen LogP contribution < -0.4 is 11.5 Å². The highest BCUT2D eigenvalue weighted by Crippen LogP contribution is 1.97. The third-order valence-electron chi connectivity index (χ3n) is 1.00. The van der Waals surface area contributed by atoms with Crippen LogP contribution in [0.15, 0.2) is 4.99 Å². The van der Waals surface area contributed by atoms with Gasteiger partial charge in [0, 0.05) is 6.54 Å². The van der Waals surface area contributed by atoms with E-state index in [1.165, 1.54) is 0 Å². The first-order chi connectivity index (χ1) is 3.83. The summed E-state index contributed by atoms with van der Waals surface area (Å²) in [5.74, 6) is 0. The fourth-order valence-electron chi connectivity index (χ4n) is 0.560. The number of rotatable bonds is 1. The Morgan fingerprint density at radius 1 is 1.88 bits per heavy atom. The number of hydrogen-bond donors (Lipinski definition) is 2. The molecule has 0 amide bonds. The lowest BCUT2D eigenvalue weighted by Crippen LogP contribution is -2.25. The molecule has 46 valence electrons. The molecule has 0 aliphatic carbocycles. The molecule has 0 saturated carbocycles. The van der Waals surface area contributed by atoms with Crippen molar-refractivity contribution in [3.63, 3.8) is 0 Å². The van der Waals surface area contributed by atoms with Crippen LogP contribution >= 0.6 is 0 Å². The summed E-state index contributed by atoms with van der Waals surface area (Å²) < 4.78 is 4.91. The molecule has 1 heterocycles. The summed E-state index contributed by atoms with van der Waals surface area (Å²) in [6.07, 6.45) is 0.0231. The minimum Gasteiger partial charge on any atom is -0.459 e. The molecule has 4 N–H and O–H groups in total. The number of hydrogen-bond acceptors (Lipinski definition) is 4. The number of nitrogens with two attached hydrogens (primary N) is 2. The maximum Gasteiger partial charge on any atom is 0.282 e. The van der Waals surface area contributed by atoms with E-state index in [9.17, 15) is 0 Å². The highest BCUT2D eigenvalue weighted by atomic mass is 16.5. The van der Waals surface area contributed by atoms with Gasteiger partial charge in [-0.1, -0.05) is 0 Å². The molecular formula is C4H9N3O. The van der Waals surface area contributed by atoms with Crippen LogP contribution in [0.4, 0.5) is 0 Å². The van der Waals surface area contributed by atoms with Crippen molar-refractivity contribution in [3.05, 3.63) is 0 Å². The fraction of sp³-hybridized carbons (Fsp3) is 0.750. The first-order valence-electron chi connectivity index (χ1n) is 2.49. The van der Waals surface area contributed by atoms with E-state index in [1.807, 2.05) is 0 Å². The number of aliphatic imine (C=N–C) groups is 1. The van der Waals surface area contributed by atoms with Crippen molar-refractivity contribution < 1.29 is 4.74 Å². The SMILES string of the molecule is NCC1CN=C(N)O1. The molecule has 4 nitrogen and oxygen atoms in total. The maximum atomic E-state index is 5.24. The fourth-order valence-corrected chi connectivity index (χ4v) is 0.560. The standard InChI is InChI=1S/C4H9N3O/c5-1-3-2-7-4(6)8-3/h3H,1-2,5H2,(H2,6,7). The highest BCUT2D eigenvalue weighted by molar-refractivity contribution is 5.72. The van der Waals surface area contributed by atoms with Crippen molar-refractivity contribution in [2.45, 2.75) is 6.10 Å². The molecule has 0 aromatic carbocycles. The predicted octanol–water partition coefficient (Wildman–Crippen LogP) is -1.34.